The van der Waals surface area contributed by atoms with Gasteiger partial charge in [0.05, 0.1) is 10.6 Å². The van der Waals surface area contributed by atoms with E-state index in [9.17, 15) is 4.79 Å². The molecule has 99 valence electrons. The van der Waals surface area contributed by atoms with E-state index in [2.05, 4.69) is 6.08 Å². The van der Waals surface area contributed by atoms with Gasteiger partial charge in [0.2, 0.25) is 0 Å². The minimum Gasteiger partial charge on any atom is -0.451 e. The molecule has 1 heterocycles. The van der Waals surface area contributed by atoms with Gasteiger partial charge in [-0.15, -0.1) is 0 Å². The minimum atomic E-state index is -0.520. The van der Waals surface area contributed by atoms with Crippen molar-refractivity contribution in [3.05, 3.63) is 39.9 Å². The van der Waals surface area contributed by atoms with E-state index in [-0.39, 0.29) is 5.97 Å². The number of carbonyl (C=O) groups excluding carboxylic acids is 1. The van der Waals surface area contributed by atoms with Crippen molar-refractivity contribution < 1.29 is 9.53 Å². The molecule has 0 unspecified atom stereocenters. The Bertz CT molecular complexity index is 557. The van der Waals surface area contributed by atoms with Gasteiger partial charge in [-0.25, -0.2) is 4.79 Å². The summed E-state index contributed by atoms with van der Waals surface area (Å²) >= 11 is 12.0. The first-order valence-electron chi connectivity index (χ1n) is 6.44. The highest BCUT2D eigenvalue weighted by molar-refractivity contribution is 6.37. The van der Waals surface area contributed by atoms with Gasteiger partial charge in [-0.2, -0.15) is 0 Å². The molecule has 1 saturated carbocycles. The minimum absolute atomic E-state index is 0.328. The second-order valence-corrected chi connectivity index (χ2v) is 5.91. The molecule has 1 fully saturated rings. The summed E-state index contributed by atoms with van der Waals surface area (Å²) in [6.45, 7) is 0. The Morgan fingerprint density at radius 3 is 2.58 bits per heavy atom. The van der Waals surface area contributed by atoms with Crippen LogP contribution in [0.4, 0.5) is 0 Å². The van der Waals surface area contributed by atoms with Crippen LogP contribution in [0.1, 0.15) is 37.7 Å². The molecule has 1 radical (unpaired) electrons. The molecule has 4 heteroatoms. The third-order valence-corrected chi connectivity index (χ3v) is 4.25. The lowest BCUT2D eigenvalue weighted by atomic mass is 9.84. The monoisotopic (exact) mass is 295 g/mol. The number of halogens is 2. The Morgan fingerprint density at radius 1 is 1.16 bits per heavy atom. The number of ether oxygens (including phenoxy) is 1. The highest BCUT2D eigenvalue weighted by atomic mass is 35.5. The summed E-state index contributed by atoms with van der Waals surface area (Å²) in [5.41, 5.74) is 0.579. The van der Waals surface area contributed by atoms with Crippen molar-refractivity contribution in [2.24, 2.45) is 0 Å². The highest BCUT2D eigenvalue weighted by Gasteiger charge is 2.42. The third kappa shape index (κ3) is 2.39. The second kappa shape index (κ2) is 4.84. The van der Waals surface area contributed by atoms with Crippen molar-refractivity contribution in [2.75, 3.05) is 0 Å². The zero-order chi connectivity index (χ0) is 13.5. The van der Waals surface area contributed by atoms with Crippen LogP contribution in [0.15, 0.2) is 18.2 Å². The lowest BCUT2D eigenvalue weighted by Crippen LogP contribution is -2.31. The molecular formula is C15H13Cl2O2. The molecular weight excluding hydrogens is 283 g/mol. The second-order valence-electron chi connectivity index (χ2n) is 5.07. The molecule has 1 aromatic carbocycles. The van der Waals surface area contributed by atoms with Crippen LogP contribution < -0.4 is 0 Å². The molecule has 2 aliphatic rings. The molecule has 3 rings (SSSR count). The molecule has 0 N–H and O–H groups in total. The van der Waals surface area contributed by atoms with Crippen molar-refractivity contribution in [1.29, 1.82) is 0 Å². The van der Waals surface area contributed by atoms with Crippen LogP contribution in [-0.4, -0.2) is 11.6 Å². The molecule has 1 aromatic rings. The number of hydrogen-bond donors (Lipinski definition) is 0. The highest BCUT2D eigenvalue weighted by Crippen LogP contribution is 2.41. The fourth-order valence-corrected chi connectivity index (χ4v) is 3.26. The number of carbonyl (C=O) groups is 1. The molecule has 0 atom stereocenters. The Hall–Kier alpha value is -0.990. The van der Waals surface area contributed by atoms with Gasteiger partial charge >= 0.3 is 5.97 Å². The average Bonchev–Trinajstić information content (AvgIpc) is 2.67. The Balaban J connectivity index is 1.99. The molecule has 19 heavy (non-hydrogen) atoms. The first-order valence-corrected chi connectivity index (χ1v) is 7.19. The molecule has 1 aliphatic heterocycles. The van der Waals surface area contributed by atoms with E-state index in [1.165, 1.54) is 6.42 Å². The zero-order valence-corrected chi connectivity index (χ0v) is 11.9. The summed E-state index contributed by atoms with van der Waals surface area (Å²) < 4.78 is 5.56. The predicted molar refractivity (Wildman–Crippen MR) is 75.0 cm³/mol. The molecule has 0 saturated heterocycles. The Labute approximate surface area is 122 Å². The number of benzene rings is 1. The van der Waals surface area contributed by atoms with E-state index in [0.29, 0.717) is 21.2 Å². The lowest BCUT2D eigenvalue weighted by Gasteiger charge is -2.29. The van der Waals surface area contributed by atoms with Crippen LogP contribution in [-0.2, 0) is 9.53 Å². The van der Waals surface area contributed by atoms with Crippen LogP contribution in [0.5, 0.6) is 0 Å². The molecule has 1 aliphatic carbocycles. The lowest BCUT2D eigenvalue weighted by molar-refractivity contribution is -0.147. The van der Waals surface area contributed by atoms with E-state index in [0.717, 1.165) is 25.7 Å². The maximum absolute atomic E-state index is 12.1. The smallest absolute Gasteiger partial charge is 0.340 e. The summed E-state index contributed by atoms with van der Waals surface area (Å²) in [4.78, 5) is 12.1. The maximum atomic E-state index is 12.1. The van der Waals surface area contributed by atoms with Crippen molar-refractivity contribution in [3.63, 3.8) is 0 Å². The first kappa shape index (κ1) is 13.0. The summed E-state index contributed by atoms with van der Waals surface area (Å²) in [5, 5.41) is 1.01. The third-order valence-electron chi connectivity index (χ3n) is 3.71. The molecule has 1 spiro atoms. The van der Waals surface area contributed by atoms with Gasteiger partial charge in [-0.3, -0.25) is 0 Å². The topological polar surface area (TPSA) is 26.3 Å². The summed E-state index contributed by atoms with van der Waals surface area (Å²) in [7, 11) is 0. The number of esters is 1. The molecule has 0 bridgehead atoms. The van der Waals surface area contributed by atoms with Crippen molar-refractivity contribution in [1.82, 2.24) is 0 Å². The first-order chi connectivity index (χ1) is 9.10. The van der Waals surface area contributed by atoms with E-state index in [1.54, 1.807) is 18.2 Å². The van der Waals surface area contributed by atoms with Gasteiger partial charge in [0, 0.05) is 16.7 Å². The van der Waals surface area contributed by atoms with Crippen molar-refractivity contribution in [3.8, 4) is 0 Å². The van der Waals surface area contributed by atoms with Crippen LogP contribution in [0, 0.1) is 6.08 Å². The largest absolute Gasteiger partial charge is 0.451 e. The van der Waals surface area contributed by atoms with Crippen LogP contribution >= 0.6 is 23.2 Å². The molecule has 0 aromatic heterocycles. The summed E-state index contributed by atoms with van der Waals surface area (Å²) in [5.74, 6) is -0.328. The zero-order valence-electron chi connectivity index (χ0n) is 10.3. The molecule has 0 amide bonds. The number of rotatable bonds is 1. The molecule has 2 nitrogen and oxygen atoms in total. The van der Waals surface area contributed by atoms with Gasteiger partial charge in [0.1, 0.15) is 5.60 Å². The van der Waals surface area contributed by atoms with Gasteiger partial charge in [0.25, 0.3) is 0 Å². The summed E-state index contributed by atoms with van der Waals surface area (Å²) in [6.07, 6.45) is 8.29. The quantitative estimate of drug-likeness (QED) is 0.716. The van der Waals surface area contributed by atoms with Gasteiger partial charge in [-0.05, 0) is 37.8 Å². The average molecular weight is 296 g/mol. The SMILES string of the molecule is O=C1OC2([C]=C1c1ccc(Cl)cc1Cl)CCCCC2. The van der Waals surface area contributed by atoms with Crippen molar-refractivity contribution >= 4 is 34.7 Å². The predicted octanol–water partition coefficient (Wildman–Crippen LogP) is 4.44. The van der Waals surface area contributed by atoms with E-state index in [4.69, 9.17) is 27.9 Å². The fraction of sp³-hybridized carbons (Fsp3) is 0.400. The van der Waals surface area contributed by atoms with E-state index < -0.39 is 5.60 Å². The van der Waals surface area contributed by atoms with Crippen LogP contribution in [0.25, 0.3) is 5.57 Å². The van der Waals surface area contributed by atoms with Gasteiger partial charge < -0.3 is 4.74 Å². The Morgan fingerprint density at radius 2 is 1.89 bits per heavy atom. The number of hydrogen-bond acceptors (Lipinski definition) is 2. The maximum Gasteiger partial charge on any atom is 0.340 e. The normalized spacial score (nSPS) is 21.4. The summed E-state index contributed by atoms with van der Waals surface area (Å²) in [6, 6.07) is 5.10. The van der Waals surface area contributed by atoms with Gasteiger partial charge in [0.15, 0.2) is 0 Å². The van der Waals surface area contributed by atoms with Crippen LogP contribution in [0.3, 0.4) is 0 Å². The standard InChI is InChI=1S/C15H13Cl2O2/c16-10-4-5-11(13(17)8-10)12-9-15(19-14(12)18)6-2-1-3-7-15/h4-5,8H,1-3,6-7H2. The van der Waals surface area contributed by atoms with E-state index in [1.807, 2.05) is 0 Å². The van der Waals surface area contributed by atoms with Gasteiger partial charge in [-0.1, -0.05) is 35.7 Å². The van der Waals surface area contributed by atoms with Crippen molar-refractivity contribution in [2.45, 2.75) is 37.7 Å². The fourth-order valence-electron chi connectivity index (χ4n) is 2.75. The Kier molecular flexibility index (Phi) is 3.32. The van der Waals surface area contributed by atoms with Crippen LogP contribution in [0.2, 0.25) is 10.0 Å². The van der Waals surface area contributed by atoms with E-state index >= 15 is 0 Å².